The molecule has 0 radical (unpaired) electrons. The molecule has 1 atom stereocenters. The first-order valence-electron chi connectivity index (χ1n) is 6.07. The van der Waals surface area contributed by atoms with Crippen LogP contribution in [0.3, 0.4) is 0 Å². The predicted molar refractivity (Wildman–Crippen MR) is 72.0 cm³/mol. The molecule has 1 aromatic carbocycles. The van der Waals surface area contributed by atoms with Crippen molar-refractivity contribution in [2.45, 2.75) is 19.9 Å². The second-order valence-corrected chi connectivity index (χ2v) is 4.09. The lowest BCUT2D eigenvalue weighted by molar-refractivity contribution is -0.140. The summed E-state index contributed by atoms with van der Waals surface area (Å²) in [6.45, 7) is 3.52. The maximum Gasteiger partial charge on any atom is 0.332 e. The van der Waals surface area contributed by atoms with Gasteiger partial charge in [-0.05, 0) is 31.5 Å². The zero-order chi connectivity index (χ0) is 15.1. The molecule has 0 heterocycles. The van der Waals surface area contributed by atoms with Gasteiger partial charge in [-0.3, -0.25) is 0 Å². The third-order valence-corrected chi connectivity index (χ3v) is 2.47. The zero-order valence-electron chi connectivity index (χ0n) is 11.3. The molecule has 0 aliphatic carbocycles. The second-order valence-electron chi connectivity index (χ2n) is 4.09. The molecule has 1 aromatic rings. The van der Waals surface area contributed by atoms with Crippen molar-refractivity contribution in [3.8, 4) is 5.75 Å². The number of benzene rings is 1. The molecule has 6 nitrogen and oxygen atoms in total. The molecule has 0 spiro atoms. The fourth-order valence-corrected chi connectivity index (χ4v) is 1.58. The van der Waals surface area contributed by atoms with E-state index in [2.05, 4.69) is 5.32 Å². The van der Waals surface area contributed by atoms with Crippen LogP contribution < -0.4 is 5.32 Å². The molecular formula is C14H17NO5. The minimum Gasteiger partial charge on any atom is -0.508 e. The number of nitrogens with one attached hydrogen (secondary N) is 1. The van der Waals surface area contributed by atoms with Crippen LogP contribution in [0, 0.1) is 0 Å². The number of carbonyl (C=O) groups excluding carboxylic acids is 1. The van der Waals surface area contributed by atoms with Crippen LogP contribution in [0.15, 0.2) is 36.0 Å². The number of esters is 1. The average molecular weight is 279 g/mol. The summed E-state index contributed by atoms with van der Waals surface area (Å²) >= 11 is 0. The monoisotopic (exact) mass is 279 g/mol. The molecule has 0 aliphatic rings. The topological polar surface area (TPSA) is 95.9 Å². The van der Waals surface area contributed by atoms with Crippen molar-refractivity contribution in [2.24, 2.45) is 0 Å². The van der Waals surface area contributed by atoms with Gasteiger partial charge in [-0.1, -0.05) is 12.1 Å². The van der Waals surface area contributed by atoms with Gasteiger partial charge in [0.05, 0.1) is 6.61 Å². The van der Waals surface area contributed by atoms with Crippen molar-refractivity contribution in [3.63, 3.8) is 0 Å². The minimum atomic E-state index is -1.09. The molecule has 0 saturated heterocycles. The molecule has 0 aliphatic heterocycles. The highest BCUT2D eigenvalue weighted by molar-refractivity contribution is 5.83. The molecule has 1 rings (SSSR count). The van der Waals surface area contributed by atoms with E-state index < -0.39 is 18.0 Å². The molecule has 6 heteroatoms. The van der Waals surface area contributed by atoms with Crippen LogP contribution in [0.5, 0.6) is 5.75 Å². The predicted octanol–water partition coefficient (Wildman–Crippen LogP) is 1.57. The standard InChI is InChI=1S/C14H17NO5/c1-3-20-12(17)8-9(2)15-13(14(18)19)10-4-6-11(16)7-5-10/h4-8,13,15-16H,3H2,1-2H3,(H,18,19). The Balaban J connectivity index is 2.85. The molecule has 0 saturated carbocycles. The number of hydrogen-bond acceptors (Lipinski definition) is 5. The van der Waals surface area contributed by atoms with Gasteiger partial charge in [-0.2, -0.15) is 0 Å². The molecule has 3 N–H and O–H groups in total. The average Bonchev–Trinajstić information content (AvgIpc) is 2.37. The van der Waals surface area contributed by atoms with E-state index in [0.29, 0.717) is 11.3 Å². The van der Waals surface area contributed by atoms with E-state index in [-0.39, 0.29) is 12.4 Å². The summed E-state index contributed by atoms with van der Waals surface area (Å²) in [5, 5.41) is 21.1. The summed E-state index contributed by atoms with van der Waals surface area (Å²) in [6.07, 6.45) is 1.19. The Bertz CT molecular complexity index is 507. The van der Waals surface area contributed by atoms with Gasteiger partial charge in [0.25, 0.3) is 0 Å². The zero-order valence-corrected chi connectivity index (χ0v) is 11.3. The van der Waals surface area contributed by atoms with Gasteiger partial charge in [0.15, 0.2) is 0 Å². The normalized spacial score (nSPS) is 12.6. The first-order valence-corrected chi connectivity index (χ1v) is 6.07. The quantitative estimate of drug-likeness (QED) is 0.540. The second kappa shape index (κ2) is 7.18. The van der Waals surface area contributed by atoms with Crippen molar-refractivity contribution in [1.29, 1.82) is 0 Å². The van der Waals surface area contributed by atoms with Crippen molar-refractivity contribution in [3.05, 3.63) is 41.6 Å². The summed E-state index contributed by atoms with van der Waals surface area (Å²) < 4.78 is 4.74. The summed E-state index contributed by atoms with van der Waals surface area (Å²) in [5.41, 5.74) is 0.843. The van der Waals surface area contributed by atoms with Gasteiger partial charge >= 0.3 is 11.9 Å². The lowest BCUT2D eigenvalue weighted by Crippen LogP contribution is -2.27. The number of rotatable bonds is 6. The smallest absolute Gasteiger partial charge is 0.332 e. The van der Waals surface area contributed by atoms with E-state index in [1.807, 2.05) is 0 Å². The van der Waals surface area contributed by atoms with Gasteiger partial charge in [0.2, 0.25) is 0 Å². The highest BCUT2D eigenvalue weighted by Gasteiger charge is 2.19. The number of carboxylic acid groups (broad SMARTS) is 1. The third kappa shape index (κ3) is 4.64. The Hall–Kier alpha value is -2.50. The fourth-order valence-electron chi connectivity index (χ4n) is 1.58. The van der Waals surface area contributed by atoms with Crippen LogP contribution in [0.2, 0.25) is 0 Å². The summed E-state index contributed by atoms with van der Waals surface area (Å²) in [5.74, 6) is -1.57. The number of phenols is 1. The van der Waals surface area contributed by atoms with Gasteiger partial charge < -0.3 is 20.3 Å². The Kier molecular flexibility index (Phi) is 5.58. The van der Waals surface area contributed by atoms with E-state index in [1.54, 1.807) is 13.8 Å². The maximum absolute atomic E-state index is 11.3. The summed E-state index contributed by atoms with van der Waals surface area (Å²) in [4.78, 5) is 22.5. The van der Waals surface area contributed by atoms with E-state index in [0.717, 1.165) is 0 Å². The first kappa shape index (κ1) is 15.6. The Morgan fingerprint density at radius 2 is 1.95 bits per heavy atom. The number of carboxylic acids is 1. The lowest BCUT2D eigenvalue weighted by atomic mass is 10.1. The largest absolute Gasteiger partial charge is 0.508 e. The third-order valence-electron chi connectivity index (χ3n) is 2.47. The fraction of sp³-hybridized carbons (Fsp3) is 0.286. The summed E-state index contributed by atoms with van der Waals surface area (Å²) in [7, 11) is 0. The number of ether oxygens (including phenoxy) is 1. The van der Waals surface area contributed by atoms with E-state index >= 15 is 0 Å². The maximum atomic E-state index is 11.3. The molecule has 0 amide bonds. The van der Waals surface area contributed by atoms with Crippen LogP contribution in [-0.2, 0) is 14.3 Å². The molecule has 108 valence electrons. The van der Waals surface area contributed by atoms with Crippen molar-refractivity contribution >= 4 is 11.9 Å². The van der Waals surface area contributed by atoms with Gasteiger partial charge in [-0.25, -0.2) is 9.59 Å². The molecule has 1 unspecified atom stereocenters. The van der Waals surface area contributed by atoms with Crippen molar-refractivity contribution < 1.29 is 24.5 Å². The van der Waals surface area contributed by atoms with Crippen LogP contribution in [0.25, 0.3) is 0 Å². The number of allylic oxidation sites excluding steroid dienone is 1. The van der Waals surface area contributed by atoms with E-state index in [9.17, 15) is 19.8 Å². The van der Waals surface area contributed by atoms with Crippen LogP contribution >= 0.6 is 0 Å². The minimum absolute atomic E-state index is 0.0525. The number of aliphatic carboxylic acids is 1. The van der Waals surface area contributed by atoms with Crippen molar-refractivity contribution in [1.82, 2.24) is 5.32 Å². The lowest BCUT2D eigenvalue weighted by Gasteiger charge is -2.16. The van der Waals surface area contributed by atoms with Gasteiger partial charge in [-0.15, -0.1) is 0 Å². The molecule has 0 aromatic heterocycles. The summed E-state index contributed by atoms with van der Waals surface area (Å²) in [6, 6.07) is 4.79. The molecule has 0 fully saturated rings. The van der Waals surface area contributed by atoms with Gasteiger partial charge in [0, 0.05) is 11.8 Å². The van der Waals surface area contributed by atoms with Gasteiger partial charge in [0.1, 0.15) is 11.8 Å². The molecular weight excluding hydrogens is 262 g/mol. The molecule has 20 heavy (non-hydrogen) atoms. The van der Waals surface area contributed by atoms with Crippen LogP contribution in [-0.4, -0.2) is 28.8 Å². The van der Waals surface area contributed by atoms with E-state index in [4.69, 9.17) is 4.74 Å². The van der Waals surface area contributed by atoms with Crippen LogP contribution in [0.1, 0.15) is 25.5 Å². The number of carbonyl (C=O) groups is 2. The molecule has 0 bridgehead atoms. The highest BCUT2D eigenvalue weighted by atomic mass is 16.5. The number of hydrogen-bond donors (Lipinski definition) is 3. The SMILES string of the molecule is CCOC(=O)C=C(C)NC(C(=O)O)c1ccc(O)cc1. The van der Waals surface area contributed by atoms with E-state index in [1.165, 1.54) is 30.3 Å². The van der Waals surface area contributed by atoms with Crippen molar-refractivity contribution in [2.75, 3.05) is 6.61 Å². The Labute approximate surface area is 116 Å². The highest BCUT2D eigenvalue weighted by Crippen LogP contribution is 2.18. The number of aromatic hydroxyl groups is 1. The first-order chi connectivity index (χ1) is 9.43. The number of phenolic OH excluding ortho intramolecular Hbond substituents is 1. The van der Waals surface area contributed by atoms with Crippen LogP contribution in [0.4, 0.5) is 0 Å². The Morgan fingerprint density at radius 3 is 2.45 bits per heavy atom. The Morgan fingerprint density at radius 1 is 1.35 bits per heavy atom.